The highest BCUT2D eigenvalue weighted by molar-refractivity contribution is 7.08. The molecule has 2 aromatic heterocycles. The molecule has 0 spiro atoms. The average molecular weight is 355 g/mol. The summed E-state index contributed by atoms with van der Waals surface area (Å²) in [5.74, 6) is 2.00. The van der Waals surface area contributed by atoms with Gasteiger partial charge in [0.05, 0.1) is 25.6 Å². The van der Waals surface area contributed by atoms with E-state index in [0.29, 0.717) is 23.7 Å². The fourth-order valence-electron chi connectivity index (χ4n) is 3.12. The zero-order valence-electron chi connectivity index (χ0n) is 13.9. The molecule has 6 nitrogen and oxygen atoms in total. The van der Waals surface area contributed by atoms with Crippen LogP contribution in [-0.2, 0) is 4.79 Å². The summed E-state index contributed by atoms with van der Waals surface area (Å²) in [6, 6.07) is 7.57. The predicted molar refractivity (Wildman–Crippen MR) is 96.1 cm³/mol. The molecule has 1 aliphatic rings. The van der Waals surface area contributed by atoms with Crippen LogP contribution in [0.4, 0.5) is 5.82 Å². The van der Waals surface area contributed by atoms with Crippen LogP contribution < -0.4 is 14.8 Å². The molecule has 0 saturated carbocycles. The number of ether oxygens (including phenoxy) is 2. The van der Waals surface area contributed by atoms with Crippen LogP contribution in [0.1, 0.15) is 23.6 Å². The first kappa shape index (κ1) is 15.7. The molecule has 0 saturated heterocycles. The highest BCUT2D eigenvalue weighted by atomic mass is 32.1. The molecule has 3 heterocycles. The molecule has 0 radical (unpaired) electrons. The number of fused-ring (bicyclic) bond motifs is 1. The standard InChI is InChI=1S/C18H17N3O3S/c1-23-12-3-4-15(24-2)14(7-12)21-10-19-17-13(11-5-6-25-9-11)8-16(22)20-18(17)21/h3-7,9-10,13H,8H2,1-2H3,(H,20,22). The quantitative estimate of drug-likeness (QED) is 0.779. The van der Waals surface area contributed by atoms with E-state index < -0.39 is 0 Å². The number of hydrogen-bond acceptors (Lipinski definition) is 5. The van der Waals surface area contributed by atoms with Gasteiger partial charge in [-0.3, -0.25) is 9.36 Å². The van der Waals surface area contributed by atoms with Gasteiger partial charge in [0, 0.05) is 18.4 Å². The number of amides is 1. The first-order valence-electron chi connectivity index (χ1n) is 7.83. The maximum atomic E-state index is 12.3. The van der Waals surface area contributed by atoms with Crippen LogP contribution in [0.25, 0.3) is 5.69 Å². The molecule has 7 heteroatoms. The highest BCUT2D eigenvalue weighted by Crippen LogP contribution is 2.39. The minimum absolute atomic E-state index is 0.0210. The lowest BCUT2D eigenvalue weighted by molar-refractivity contribution is -0.116. The highest BCUT2D eigenvalue weighted by Gasteiger charge is 2.31. The molecule has 0 fully saturated rings. The number of hydrogen-bond donors (Lipinski definition) is 1. The van der Waals surface area contributed by atoms with Crippen molar-refractivity contribution in [2.75, 3.05) is 19.5 Å². The normalized spacial score (nSPS) is 16.2. The number of carbonyl (C=O) groups excluding carboxylic acids is 1. The molecule has 25 heavy (non-hydrogen) atoms. The van der Waals surface area contributed by atoms with Crippen molar-refractivity contribution in [3.8, 4) is 17.2 Å². The third-order valence-electron chi connectivity index (χ3n) is 4.36. The van der Waals surface area contributed by atoms with Crippen LogP contribution in [0.15, 0.2) is 41.4 Å². The molecule has 1 aliphatic heterocycles. The average Bonchev–Trinajstić information content (AvgIpc) is 3.30. The second-order valence-electron chi connectivity index (χ2n) is 5.75. The van der Waals surface area contributed by atoms with Gasteiger partial charge in [-0.2, -0.15) is 11.3 Å². The molecule has 1 amide bonds. The molecule has 1 aromatic carbocycles. The minimum atomic E-state index is -0.0344. The summed E-state index contributed by atoms with van der Waals surface area (Å²) in [5, 5.41) is 7.04. The van der Waals surface area contributed by atoms with E-state index in [1.165, 1.54) is 0 Å². The number of methoxy groups -OCH3 is 2. The fraction of sp³-hybridized carbons (Fsp3) is 0.222. The van der Waals surface area contributed by atoms with Crippen molar-refractivity contribution in [1.29, 1.82) is 0 Å². The second kappa shape index (κ2) is 6.25. The van der Waals surface area contributed by atoms with Gasteiger partial charge in [0.2, 0.25) is 5.91 Å². The smallest absolute Gasteiger partial charge is 0.226 e. The van der Waals surface area contributed by atoms with Crippen LogP contribution in [0, 0.1) is 0 Å². The number of rotatable bonds is 4. The molecule has 3 aromatic rings. The summed E-state index contributed by atoms with van der Waals surface area (Å²) in [6.45, 7) is 0. The van der Waals surface area contributed by atoms with E-state index in [4.69, 9.17) is 9.47 Å². The number of nitrogens with one attached hydrogen (secondary N) is 1. The molecule has 1 atom stereocenters. The largest absolute Gasteiger partial charge is 0.497 e. The van der Waals surface area contributed by atoms with E-state index in [1.54, 1.807) is 31.9 Å². The molecular weight excluding hydrogens is 338 g/mol. The zero-order chi connectivity index (χ0) is 17.4. The first-order chi connectivity index (χ1) is 12.2. The number of nitrogens with zero attached hydrogens (tertiary/aromatic N) is 2. The maximum absolute atomic E-state index is 12.3. The van der Waals surface area contributed by atoms with Crippen molar-refractivity contribution in [3.63, 3.8) is 0 Å². The number of thiophene rings is 1. The van der Waals surface area contributed by atoms with Crippen molar-refractivity contribution in [2.24, 2.45) is 0 Å². The number of carbonyl (C=O) groups is 1. The monoisotopic (exact) mass is 355 g/mol. The van der Waals surface area contributed by atoms with Gasteiger partial charge in [0.25, 0.3) is 0 Å². The Balaban J connectivity index is 1.86. The summed E-state index contributed by atoms with van der Waals surface area (Å²) in [5.41, 5.74) is 2.74. The van der Waals surface area contributed by atoms with E-state index >= 15 is 0 Å². The number of benzene rings is 1. The Labute approximate surface area is 149 Å². The van der Waals surface area contributed by atoms with Gasteiger partial charge in [0.1, 0.15) is 23.6 Å². The lowest BCUT2D eigenvalue weighted by atomic mass is 9.92. The Morgan fingerprint density at radius 1 is 1.28 bits per heavy atom. The Kier molecular flexibility index (Phi) is 3.93. The van der Waals surface area contributed by atoms with Gasteiger partial charge < -0.3 is 14.8 Å². The van der Waals surface area contributed by atoms with Crippen LogP contribution in [-0.4, -0.2) is 29.7 Å². The van der Waals surface area contributed by atoms with Gasteiger partial charge >= 0.3 is 0 Å². The summed E-state index contributed by atoms with van der Waals surface area (Å²) in [6.07, 6.45) is 2.11. The van der Waals surface area contributed by atoms with Gasteiger partial charge in [-0.15, -0.1) is 0 Å². The van der Waals surface area contributed by atoms with Crippen molar-refractivity contribution in [3.05, 3.63) is 52.6 Å². The van der Waals surface area contributed by atoms with Crippen LogP contribution in [0.3, 0.4) is 0 Å². The van der Waals surface area contributed by atoms with Gasteiger partial charge in [-0.05, 0) is 34.5 Å². The van der Waals surface area contributed by atoms with E-state index in [0.717, 1.165) is 16.9 Å². The number of imidazole rings is 1. The van der Waals surface area contributed by atoms with E-state index in [1.807, 2.05) is 34.2 Å². The Bertz CT molecular complexity index is 918. The van der Waals surface area contributed by atoms with Crippen molar-refractivity contribution in [1.82, 2.24) is 9.55 Å². The molecular formula is C18H17N3O3S. The first-order valence-corrected chi connectivity index (χ1v) is 8.77. The van der Waals surface area contributed by atoms with Gasteiger partial charge in [-0.25, -0.2) is 4.98 Å². The fourth-order valence-corrected chi connectivity index (χ4v) is 3.84. The summed E-state index contributed by atoms with van der Waals surface area (Å²) in [4.78, 5) is 16.9. The summed E-state index contributed by atoms with van der Waals surface area (Å²) >= 11 is 1.62. The molecule has 128 valence electrons. The minimum Gasteiger partial charge on any atom is -0.497 e. The zero-order valence-corrected chi connectivity index (χ0v) is 14.7. The lowest BCUT2D eigenvalue weighted by Gasteiger charge is -2.23. The Morgan fingerprint density at radius 3 is 2.88 bits per heavy atom. The third-order valence-corrected chi connectivity index (χ3v) is 5.07. The van der Waals surface area contributed by atoms with Crippen molar-refractivity contribution >= 4 is 23.1 Å². The van der Waals surface area contributed by atoms with Crippen molar-refractivity contribution < 1.29 is 14.3 Å². The van der Waals surface area contributed by atoms with Crippen LogP contribution in [0.5, 0.6) is 11.5 Å². The van der Waals surface area contributed by atoms with Crippen LogP contribution in [0.2, 0.25) is 0 Å². The molecule has 0 aliphatic carbocycles. The third kappa shape index (κ3) is 2.66. The molecule has 1 N–H and O–H groups in total. The maximum Gasteiger partial charge on any atom is 0.226 e. The van der Waals surface area contributed by atoms with E-state index in [-0.39, 0.29) is 11.8 Å². The second-order valence-corrected chi connectivity index (χ2v) is 6.53. The predicted octanol–water partition coefficient (Wildman–Crippen LogP) is 3.43. The van der Waals surface area contributed by atoms with Crippen molar-refractivity contribution in [2.45, 2.75) is 12.3 Å². The SMILES string of the molecule is COc1ccc(OC)c(-n2cnc3c2NC(=O)CC3c2ccsc2)c1. The van der Waals surface area contributed by atoms with Gasteiger partial charge in [0.15, 0.2) is 0 Å². The van der Waals surface area contributed by atoms with Gasteiger partial charge in [-0.1, -0.05) is 0 Å². The molecule has 4 rings (SSSR count). The number of aromatic nitrogens is 2. The Hall–Kier alpha value is -2.80. The number of anilines is 1. The molecule has 1 unspecified atom stereocenters. The summed E-state index contributed by atoms with van der Waals surface area (Å²) < 4.78 is 12.6. The summed E-state index contributed by atoms with van der Waals surface area (Å²) in [7, 11) is 3.23. The molecule has 0 bridgehead atoms. The van der Waals surface area contributed by atoms with E-state index in [2.05, 4.69) is 15.7 Å². The lowest BCUT2D eigenvalue weighted by Crippen LogP contribution is -2.24. The van der Waals surface area contributed by atoms with Crippen LogP contribution >= 0.6 is 11.3 Å². The van der Waals surface area contributed by atoms with E-state index in [9.17, 15) is 4.79 Å². The Morgan fingerprint density at radius 2 is 2.16 bits per heavy atom. The topological polar surface area (TPSA) is 65.4 Å².